The summed E-state index contributed by atoms with van der Waals surface area (Å²) in [7, 11) is 0. The Labute approximate surface area is 99.4 Å². The highest BCUT2D eigenvalue weighted by Crippen LogP contribution is 2.24. The highest BCUT2D eigenvalue weighted by molar-refractivity contribution is 6.33. The van der Waals surface area contributed by atoms with Crippen molar-refractivity contribution in [2.24, 2.45) is 0 Å². The summed E-state index contributed by atoms with van der Waals surface area (Å²) in [6.07, 6.45) is 6.08. The predicted octanol–water partition coefficient (Wildman–Crippen LogP) is 2.86. The molecular weight excluding hydrogens is 226 g/mol. The smallest absolute Gasteiger partial charge is 0.335 e. The minimum atomic E-state index is -1.00. The van der Waals surface area contributed by atoms with Gasteiger partial charge in [-0.1, -0.05) is 24.4 Å². The van der Waals surface area contributed by atoms with Crippen LogP contribution in [0.3, 0.4) is 0 Å². The van der Waals surface area contributed by atoms with Gasteiger partial charge in [0.2, 0.25) is 0 Å². The summed E-state index contributed by atoms with van der Waals surface area (Å²) in [5.74, 6) is 1.58. The minimum absolute atomic E-state index is 0.104. The Hall–Kier alpha value is -1.66. The van der Waals surface area contributed by atoms with E-state index in [1.165, 1.54) is 12.1 Å². The van der Waals surface area contributed by atoms with E-state index < -0.39 is 5.97 Å². The zero-order valence-electron chi connectivity index (χ0n) is 8.83. The van der Waals surface area contributed by atoms with E-state index in [2.05, 4.69) is 11.2 Å². The molecule has 0 aliphatic carbocycles. The first-order valence-electron chi connectivity index (χ1n) is 4.84. The number of anilines is 1. The molecule has 0 saturated heterocycles. The molecule has 0 heterocycles. The molecular formula is C12H12ClNO2. The number of terminal acetylenes is 1. The SMILES string of the molecule is C#CC(CC)Nc1ccc(C(=O)O)cc1Cl. The number of benzene rings is 1. The summed E-state index contributed by atoms with van der Waals surface area (Å²) in [5, 5.41) is 12.2. The van der Waals surface area contributed by atoms with Crippen LogP contribution in [0.2, 0.25) is 5.02 Å². The summed E-state index contributed by atoms with van der Waals surface area (Å²) in [6.45, 7) is 1.96. The van der Waals surface area contributed by atoms with E-state index in [-0.39, 0.29) is 11.6 Å². The molecule has 0 spiro atoms. The van der Waals surface area contributed by atoms with Crippen LogP contribution < -0.4 is 5.32 Å². The lowest BCUT2D eigenvalue weighted by Gasteiger charge is -2.13. The number of halogens is 1. The summed E-state index contributed by atoms with van der Waals surface area (Å²) in [4.78, 5) is 10.7. The number of hydrogen-bond donors (Lipinski definition) is 2. The number of hydrogen-bond acceptors (Lipinski definition) is 2. The second kappa shape index (κ2) is 5.43. The monoisotopic (exact) mass is 237 g/mol. The predicted molar refractivity (Wildman–Crippen MR) is 64.9 cm³/mol. The van der Waals surface area contributed by atoms with Crippen molar-refractivity contribution < 1.29 is 9.90 Å². The molecule has 1 rings (SSSR count). The fourth-order valence-corrected chi connectivity index (χ4v) is 1.45. The molecule has 0 aliphatic rings. The van der Waals surface area contributed by atoms with Crippen LogP contribution in [0.25, 0.3) is 0 Å². The van der Waals surface area contributed by atoms with Gasteiger partial charge >= 0.3 is 5.97 Å². The van der Waals surface area contributed by atoms with Gasteiger partial charge in [-0.25, -0.2) is 4.79 Å². The Bertz CT molecular complexity index is 437. The number of nitrogens with one attached hydrogen (secondary N) is 1. The van der Waals surface area contributed by atoms with Crippen molar-refractivity contribution in [3.8, 4) is 12.3 Å². The number of carboxylic acid groups (broad SMARTS) is 1. The molecule has 0 aliphatic heterocycles. The molecule has 4 heteroatoms. The van der Waals surface area contributed by atoms with E-state index in [0.717, 1.165) is 6.42 Å². The van der Waals surface area contributed by atoms with Crippen LogP contribution >= 0.6 is 11.6 Å². The Kier molecular flexibility index (Phi) is 4.21. The Morgan fingerprint density at radius 3 is 2.81 bits per heavy atom. The van der Waals surface area contributed by atoms with Gasteiger partial charge in [0.15, 0.2) is 0 Å². The third kappa shape index (κ3) is 2.91. The van der Waals surface area contributed by atoms with Crippen molar-refractivity contribution in [1.29, 1.82) is 0 Å². The van der Waals surface area contributed by atoms with Gasteiger partial charge in [-0.2, -0.15) is 0 Å². The van der Waals surface area contributed by atoms with Crippen molar-refractivity contribution >= 4 is 23.3 Å². The second-order valence-electron chi connectivity index (χ2n) is 3.27. The van der Waals surface area contributed by atoms with Crippen LogP contribution in [0.5, 0.6) is 0 Å². The maximum atomic E-state index is 10.7. The van der Waals surface area contributed by atoms with E-state index in [0.29, 0.717) is 10.7 Å². The molecule has 1 unspecified atom stereocenters. The quantitative estimate of drug-likeness (QED) is 0.792. The summed E-state index contributed by atoms with van der Waals surface area (Å²) in [6, 6.07) is 4.40. The van der Waals surface area contributed by atoms with E-state index in [9.17, 15) is 4.79 Å². The lowest BCUT2D eigenvalue weighted by atomic mass is 10.1. The van der Waals surface area contributed by atoms with Crippen LogP contribution in [0.4, 0.5) is 5.69 Å². The molecule has 1 aromatic rings. The molecule has 3 nitrogen and oxygen atoms in total. The topological polar surface area (TPSA) is 49.3 Å². The van der Waals surface area contributed by atoms with Gasteiger partial charge in [0.05, 0.1) is 22.3 Å². The summed E-state index contributed by atoms with van der Waals surface area (Å²) in [5.41, 5.74) is 0.806. The van der Waals surface area contributed by atoms with Crippen molar-refractivity contribution in [1.82, 2.24) is 0 Å². The van der Waals surface area contributed by atoms with E-state index in [4.69, 9.17) is 23.1 Å². The molecule has 0 aromatic heterocycles. The highest BCUT2D eigenvalue weighted by atomic mass is 35.5. The minimum Gasteiger partial charge on any atom is -0.478 e. The van der Waals surface area contributed by atoms with Crippen LogP contribution in [-0.4, -0.2) is 17.1 Å². The first kappa shape index (κ1) is 12.4. The number of rotatable bonds is 4. The highest BCUT2D eigenvalue weighted by Gasteiger charge is 2.09. The first-order chi connectivity index (χ1) is 7.58. The molecule has 16 heavy (non-hydrogen) atoms. The molecule has 84 valence electrons. The third-order valence-electron chi connectivity index (χ3n) is 2.16. The number of aromatic carboxylic acids is 1. The maximum absolute atomic E-state index is 10.7. The normalized spacial score (nSPS) is 11.6. The number of carboxylic acids is 1. The van der Waals surface area contributed by atoms with Crippen molar-refractivity contribution in [2.75, 3.05) is 5.32 Å². The zero-order valence-corrected chi connectivity index (χ0v) is 9.58. The Balaban J connectivity index is 2.92. The maximum Gasteiger partial charge on any atom is 0.335 e. The fourth-order valence-electron chi connectivity index (χ4n) is 1.21. The first-order valence-corrected chi connectivity index (χ1v) is 5.21. The molecule has 2 N–H and O–H groups in total. The Morgan fingerprint density at radius 2 is 2.38 bits per heavy atom. The average molecular weight is 238 g/mol. The molecule has 1 aromatic carbocycles. The molecule has 0 saturated carbocycles. The van der Waals surface area contributed by atoms with Gasteiger partial charge in [0.1, 0.15) is 0 Å². The summed E-state index contributed by atoms with van der Waals surface area (Å²) >= 11 is 5.94. The standard InChI is InChI=1S/C12H12ClNO2/c1-3-9(4-2)14-11-6-5-8(12(15)16)7-10(11)13/h1,5-7,9,14H,4H2,2H3,(H,15,16). The van der Waals surface area contributed by atoms with E-state index in [1.54, 1.807) is 6.07 Å². The van der Waals surface area contributed by atoms with Gasteiger partial charge in [-0.05, 0) is 24.6 Å². The Morgan fingerprint density at radius 1 is 1.69 bits per heavy atom. The molecule has 0 bridgehead atoms. The molecule has 1 atom stereocenters. The fraction of sp³-hybridized carbons (Fsp3) is 0.250. The van der Waals surface area contributed by atoms with Gasteiger partial charge < -0.3 is 10.4 Å². The van der Waals surface area contributed by atoms with Gasteiger partial charge in [0, 0.05) is 0 Å². The average Bonchev–Trinajstić information content (AvgIpc) is 2.27. The molecule has 0 amide bonds. The number of carbonyl (C=O) groups is 1. The molecule has 0 radical (unpaired) electrons. The van der Waals surface area contributed by atoms with Crippen molar-refractivity contribution in [2.45, 2.75) is 19.4 Å². The van der Waals surface area contributed by atoms with Crippen LogP contribution in [-0.2, 0) is 0 Å². The third-order valence-corrected chi connectivity index (χ3v) is 2.47. The van der Waals surface area contributed by atoms with Gasteiger partial charge in [0.25, 0.3) is 0 Å². The van der Waals surface area contributed by atoms with Gasteiger partial charge in [-0.3, -0.25) is 0 Å². The lowest BCUT2D eigenvalue weighted by molar-refractivity contribution is 0.0697. The van der Waals surface area contributed by atoms with Crippen LogP contribution in [0.1, 0.15) is 23.7 Å². The largest absolute Gasteiger partial charge is 0.478 e. The van der Waals surface area contributed by atoms with Crippen molar-refractivity contribution in [3.63, 3.8) is 0 Å². The van der Waals surface area contributed by atoms with Crippen molar-refractivity contribution in [3.05, 3.63) is 28.8 Å². The van der Waals surface area contributed by atoms with Crippen LogP contribution in [0.15, 0.2) is 18.2 Å². The van der Waals surface area contributed by atoms with Gasteiger partial charge in [-0.15, -0.1) is 6.42 Å². The molecule has 0 fully saturated rings. The van der Waals surface area contributed by atoms with E-state index in [1.807, 2.05) is 6.92 Å². The zero-order chi connectivity index (χ0) is 12.1. The summed E-state index contributed by atoms with van der Waals surface area (Å²) < 4.78 is 0. The van der Waals surface area contributed by atoms with Crippen LogP contribution in [0, 0.1) is 12.3 Å². The lowest BCUT2D eigenvalue weighted by Crippen LogP contribution is -2.16. The second-order valence-corrected chi connectivity index (χ2v) is 3.68. The van der Waals surface area contributed by atoms with E-state index >= 15 is 0 Å².